The van der Waals surface area contributed by atoms with Gasteiger partial charge in [0.25, 0.3) is 11.5 Å². The van der Waals surface area contributed by atoms with Crippen molar-refractivity contribution in [2.45, 2.75) is 19.4 Å². The molecule has 8 nitrogen and oxygen atoms in total. The van der Waals surface area contributed by atoms with E-state index in [2.05, 4.69) is 10.3 Å². The number of carbonyl (C=O) groups excluding carboxylic acids is 2. The van der Waals surface area contributed by atoms with Gasteiger partial charge in [-0.3, -0.25) is 14.9 Å². The molecule has 1 unspecified atom stereocenters. The molecule has 5 aromatic rings. The number of carbonyl (C=O) groups is 2. The molecular formula is C31H27N3O5S. The third-order valence-electron chi connectivity index (χ3n) is 6.57. The smallest absolute Gasteiger partial charge is 0.356 e. The van der Waals surface area contributed by atoms with Crippen molar-refractivity contribution >= 4 is 39.1 Å². The number of pyridine rings is 1. The molecule has 0 radical (unpaired) electrons. The van der Waals surface area contributed by atoms with Crippen molar-refractivity contribution in [3.05, 3.63) is 100 Å². The van der Waals surface area contributed by atoms with Gasteiger partial charge in [-0.25, -0.2) is 9.78 Å². The van der Waals surface area contributed by atoms with Gasteiger partial charge in [-0.05, 0) is 35.6 Å². The van der Waals surface area contributed by atoms with Crippen LogP contribution in [0.4, 0.5) is 5.13 Å². The first-order valence-electron chi connectivity index (χ1n) is 12.7. The third kappa shape index (κ3) is 5.23. The van der Waals surface area contributed by atoms with Gasteiger partial charge >= 0.3 is 5.97 Å². The van der Waals surface area contributed by atoms with E-state index in [0.29, 0.717) is 32.9 Å². The Hall–Kier alpha value is -4.76. The van der Waals surface area contributed by atoms with Gasteiger partial charge in [0.1, 0.15) is 11.4 Å². The summed E-state index contributed by atoms with van der Waals surface area (Å²) in [5.74, 6) is -0.566. The monoisotopic (exact) mass is 553 g/mol. The molecule has 0 spiro atoms. The summed E-state index contributed by atoms with van der Waals surface area (Å²) in [6.07, 6.45) is -0.865. The van der Waals surface area contributed by atoms with Gasteiger partial charge in [0.15, 0.2) is 11.2 Å². The summed E-state index contributed by atoms with van der Waals surface area (Å²) in [7, 11) is 3.13. The third-order valence-corrected chi connectivity index (χ3v) is 7.33. The Morgan fingerprint density at radius 3 is 2.40 bits per heavy atom. The lowest BCUT2D eigenvalue weighted by Crippen LogP contribution is -2.34. The average molecular weight is 554 g/mol. The number of thiazole rings is 1. The number of ether oxygens (including phenoxy) is 2. The number of hydrogen-bond acceptors (Lipinski definition) is 7. The van der Waals surface area contributed by atoms with E-state index < -0.39 is 18.0 Å². The second kappa shape index (κ2) is 11.5. The first-order chi connectivity index (χ1) is 19.4. The number of aromatic nitrogens is 2. The highest BCUT2D eigenvalue weighted by Crippen LogP contribution is 2.32. The highest BCUT2D eigenvalue weighted by Gasteiger charge is 2.28. The Morgan fingerprint density at radius 2 is 1.68 bits per heavy atom. The number of nitrogens with zero attached hydrogens (tertiary/aromatic N) is 2. The maximum Gasteiger partial charge on any atom is 0.356 e. The van der Waals surface area contributed by atoms with Crippen molar-refractivity contribution in [2.75, 3.05) is 12.4 Å². The predicted octanol–water partition coefficient (Wildman–Crippen LogP) is 5.91. The van der Waals surface area contributed by atoms with Crippen LogP contribution in [0.2, 0.25) is 0 Å². The summed E-state index contributed by atoms with van der Waals surface area (Å²) in [5, 5.41) is 6.09. The average Bonchev–Trinajstić information content (AvgIpc) is 3.46. The molecule has 0 saturated heterocycles. The fraction of sp³-hybridized carbons (Fsp3) is 0.161. The molecule has 40 heavy (non-hydrogen) atoms. The first-order valence-corrected chi connectivity index (χ1v) is 13.6. The van der Waals surface area contributed by atoms with Crippen LogP contribution in [0.1, 0.15) is 23.8 Å². The number of rotatable bonds is 8. The van der Waals surface area contributed by atoms with E-state index in [-0.39, 0.29) is 17.7 Å². The minimum absolute atomic E-state index is 0.0794. The van der Waals surface area contributed by atoms with Gasteiger partial charge in [-0.1, -0.05) is 67.6 Å². The van der Waals surface area contributed by atoms with Gasteiger partial charge in [-0.2, -0.15) is 0 Å². The van der Waals surface area contributed by atoms with Crippen LogP contribution in [0.15, 0.2) is 89.0 Å². The number of benzene rings is 3. The molecule has 2 aromatic heterocycles. The summed E-state index contributed by atoms with van der Waals surface area (Å²) < 4.78 is 12.3. The van der Waals surface area contributed by atoms with Crippen LogP contribution in [0, 0.1) is 0 Å². The van der Waals surface area contributed by atoms with Crippen molar-refractivity contribution < 1.29 is 19.1 Å². The Bertz CT molecular complexity index is 1760. The Morgan fingerprint density at radius 1 is 0.975 bits per heavy atom. The maximum absolute atomic E-state index is 13.6. The SMILES string of the molecule is CCC(OC(=O)c1c(-c2ccccc2)c2ccccc2c(=O)n1C)C(=O)Nc1nc(-c2cccc(OC)c2)cs1. The number of hydrogen-bond donors (Lipinski definition) is 1. The van der Waals surface area contributed by atoms with Crippen molar-refractivity contribution in [1.82, 2.24) is 9.55 Å². The van der Waals surface area contributed by atoms with E-state index in [1.807, 2.05) is 72.1 Å². The number of anilines is 1. The molecule has 3 aromatic carbocycles. The molecule has 1 amide bonds. The zero-order valence-electron chi connectivity index (χ0n) is 22.2. The molecule has 0 aliphatic heterocycles. The molecule has 0 fully saturated rings. The summed E-state index contributed by atoms with van der Waals surface area (Å²) in [6, 6.07) is 23.9. The zero-order chi connectivity index (χ0) is 28.2. The molecule has 0 bridgehead atoms. The Balaban J connectivity index is 1.43. The molecular weight excluding hydrogens is 526 g/mol. The van der Waals surface area contributed by atoms with Gasteiger partial charge < -0.3 is 14.0 Å². The molecule has 0 saturated carbocycles. The van der Waals surface area contributed by atoms with Crippen LogP contribution in [0.5, 0.6) is 5.75 Å². The van der Waals surface area contributed by atoms with Crippen LogP contribution in [0.3, 0.4) is 0 Å². The minimum atomic E-state index is -1.10. The summed E-state index contributed by atoms with van der Waals surface area (Å²) in [5.41, 5.74) is 2.61. The molecule has 0 aliphatic carbocycles. The van der Waals surface area contributed by atoms with Gasteiger partial charge in [0.05, 0.1) is 12.8 Å². The second-order valence-electron chi connectivity index (χ2n) is 9.06. The van der Waals surface area contributed by atoms with Crippen molar-refractivity contribution in [2.24, 2.45) is 7.05 Å². The molecule has 0 aliphatic rings. The molecule has 9 heteroatoms. The maximum atomic E-state index is 13.6. The van der Waals surface area contributed by atoms with Crippen LogP contribution >= 0.6 is 11.3 Å². The quantitative estimate of drug-likeness (QED) is 0.240. The standard InChI is InChI=1S/C31H27N3O5S/c1-4-25(28(35)33-31-32-24(18-40-31)20-13-10-14-21(17-20)38-3)39-30(37)27-26(19-11-6-5-7-12-19)22-15-8-9-16-23(22)29(36)34(27)2/h5-18,25H,4H2,1-3H3,(H,32,33,35). The normalized spacial score (nSPS) is 11.7. The molecule has 2 heterocycles. The second-order valence-corrected chi connectivity index (χ2v) is 9.92. The van der Waals surface area contributed by atoms with E-state index >= 15 is 0 Å². The zero-order valence-corrected chi connectivity index (χ0v) is 23.0. The van der Waals surface area contributed by atoms with Crippen molar-refractivity contribution in [1.29, 1.82) is 0 Å². The Kier molecular flexibility index (Phi) is 7.75. The summed E-state index contributed by atoms with van der Waals surface area (Å²) >= 11 is 1.27. The predicted molar refractivity (Wildman–Crippen MR) is 157 cm³/mol. The van der Waals surface area contributed by atoms with Crippen molar-refractivity contribution in [3.63, 3.8) is 0 Å². The van der Waals surface area contributed by atoms with Crippen LogP contribution in [0.25, 0.3) is 33.2 Å². The van der Waals surface area contributed by atoms with Gasteiger partial charge in [-0.15, -0.1) is 11.3 Å². The fourth-order valence-corrected chi connectivity index (χ4v) is 5.26. The van der Waals surface area contributed by atoms with E-state index in [1.165, 1.54) is 23.0 Å². The van der Waals surface area contributed by atoms with Crippen LogP contribution < -0.4 is 15.6 Å². The van der Waals surface area contributed by atoms with Crippen LogP contribution in [-0.4, -0.2) is 34.6 Å². The molecule has 5 rings (SSSR count). The van der Waals surface area contributed by atoms with E-state index in [0.717, 1.165) is 11.1 Å². The topological polar surface area (TPSA) is 99.5 Å². The van der Waals surface area contributed by atoms with Crippen molar-refractivity contribution in [3.8, 4) is 28.1 Å². The Labute approximate surface area is 234 Å². The number of nitrogens with one attached hydrogen (secondary N) is 1. The number of esters is 1. The van der Waals surface area contributed by atoms with Gasteiger partial charge in [0.2, 0.25) is 0 Å². The lowest BCUT2D eigenvalue weighted by Gasteiger charge is -2.20. The summed E-state index contributed by atoms with van der Waals surface area (Å²) in [4.78, 5) is 44.5. The largest absolute Gasteiger partial charge is 0.497 e. The lowest BCUT2D eigenvalue weighted by molar-refractivity contribution is -0.124. The fourth-order valence-electron chi connectivity index (χ4n) is 4.54. The number of amides is 1. The highest BCUT2D eigenvalue weighted by molar-refractivity contribution is 7.14. The van der Waals surface area contributed by atoms with Gasteiger partial charge in [0, 0.05) is 28.9 Å². The molecule has 1 atom stereocenters. The first kappa shape index (κ1) is 26.8. The number of methoxy groups -OCH3 is 1. The minimum Gasteiger partial charge on any atom is -0.497 e. The lowest BCUT2D eigenvalue weighted by atomic mass is 9.97. The molecule has 1 N–H and O–H groups in total. The number of fused-ring (bicyclic) bond motifs is 1. The van der Waals surface area contributed by atoms with E-state index in [1.54, 1.807) is 26.2 Å². The van der Waals surface area contributed by atoms with E-state index in [9.17, 15) is 14.4 Å². The van der Waals surface area contributed by atoms with E-state index in [4.69, 9.17) is 9.47 Å². The molecule has 202 valence electrons. The summed E-state index contributed by atoms with van der Waals surface area (Å²) in [6.45, 7) is 1.75. The van der Waals surface area contributed by atoms with Crippen LogP contribution in [-0.2, 0) is 16.6 Å². The highest BCUT2D eigenvalue weighted by atomic mass is 32.1.